The van der Waals surface area contributed by atoms with Gasteiger partial charge in [-0.05, 0) is 128 Å². The molecule has 0 fully saturated rings. The van der Waals surface area contributed by atoms with Crippen LogP contribution in [0.4, 0.5) is 34.1 Å². The molecule has 0 amide bonds. The van der Waals surface area contributed by atoms with E-state index in [1.54, 1.807) is 0 Å². The summed E-state index contributed by atoms with van der Waals surface area (Å²) in [6, 6.07) is 98.8. The van der Waals surface area contributed by atoms with Gasteiger partial charge in [0.2, 0.25) is 0 Å². The van der Waals surface area contributed by atoms with Gasteiger partial charge < -0.3 is 14.4 Å². The van der Waals surface area contributed by atoms with Crippen LogP contribution in [0.15, 0.2) is 267 Å². The molecule has 1 aromatic heterocycles. The molecule has 344 valence electrons. The second kappa shape index (κ2) is 17.0. The van der Waals surface area contributed by atoms with E-state index in [9.17, 15) is 0 Å². The molecule has 4 heteroatoms. The van der Waals surface area contributed by atoms with Crippen LogP contribution in [-0.2, 0) is 5.41 Å². The molecule has 0 bridgehead atoms. The Kier molecular flexibility index (Phi) is 9.98. The molecule has 12 aromatic rings. The van der Waals surface area contributed by atoms with Crippen molar-refractivity contribution in [2.45, 2.75) is 19.3 Å². The molecule has 0 saturated heterocycles. The van der Waals surface area contributed by atoms with E-state index in [1.165, 1.54) is 105 Å². The van der Waals surface area contributed by atoms with E-state index in [0.717, 1.165) is 17.1 Å². The molecular formula is C69H50BN3. The quantitative estimate of drug-likeness (QED) is 0.141. The molecular weight excluding hydrogens is 882 g/mol. The fourth-order valence-electron chi connectivity index (χ4n) is 11.9. The Labute approximate surface area is 427 Å². The molecule has 0 spiro atoms. The van der Waals surface area contributed by atoms with Gasteiger partial charge in [-0.1, -0.05) is 214 Å². The number of benzene rings is 11. The smallest absolute Gasteiger partial charge is 0.252 e. The summed E-state index contributed by atoms with van der Waals surface area (Å²) in [5.74, 6) is 0. The summed E-state index contributed by atoms with van der Waals surface area (Å²) < 4.78 is 2.46. The van der Waals surface area contributed by atoms with Crippen LogP contribution in [0.2, 0.25) is 0 Å². The van der Waals surface area contributed by atoms with Crippen molar-refractivity contribution in [1.82, 2.24) is 4.57 Å². The number of aromatic nitrogens is 1. The number of nitrogens with zero attached hydrogens (tertiary/aromatic N) is 3. The lowest BCUT2D eigenvalue weighted by molar-refractivity contribution is 0.641. The van der Waals surface area contributed by atoms with Gasteiger partial charge in [0.05, 0.1) is 11.0 Å². The summed E-state index contributed by atoms with van der Waals surface area (Å²) in [7, 11) is 0. The summed E-state index contributed by atoms with van der Waals surface area (Å²) in [5, 5.41) is 2.50. The topological polar surface area (TPSA) is 11.4 Å². The Morgan fingerprint density at radius 1 is 0.301 bits per heavy atom. The summed E-state index contributed by atoms with van der Waals surface area (Å²) >= 11 is 0. The van der Waals surface area contributed by atoms with Crippen molar-refractivity contribution in [3.63, 3.8) is 0 Å². The number of fused-ring (bicyclic) bond motifs is 7. The van der Waals surface area contributed by atoms with E-state index in [1.807, 2.05) is 0 Å². The molecule has 2 aliphatic heterocycles. The van der Waals surface area contributed by atoms with Crippen molar-refractivity contribution < 1.29 is 0 Å². The van der Waals surface area contributed by atoms with Crippen molar-refractivity contribution in [3.05, 3.63) is 278 Å². The fourth-order valence-corrected chi connectivity index (χ4v) is 11.9. The maximum atomic E-state index is 2.57. The molecule has 2 aliphatic rings. The number of rotatable bonds is 8. The van der Waals surface area contributed by atoms with Crippen LogP contribution in [0, 0.1) is 0 Å². The van der Waals surface area contributed by atoms with Gasteiger partial charge in [-0.3, -0.25) is 0 Å². The van der Waals surface area contributed by atoms with Crippen LogP contribution < -0.4 is 26.2 Å². The minimum absolute atomic E-state index is 0.0839. The van der Waals surface area contributed by atoms with Crippen LogP contribution in [-0.4, -0.2) is 11.3 Å². The predicted octanol–water partition coefficient (Wildman–Crippen LogP) is 16.2. The highest BCUT2D eigenvalue weighted by atomic mass is 15.2. The molecule has 11 aromatic carbocycles. The highest BCUT2D eigenvalue weighted by molar-refractivity contribution is 7.00. The van der Waals surface area contributed by atoms with E-state index >= 15 is 0 Å². The first kappa shape index (κ1) is 42.7. The van der Waals surface area contributed by atoms with E-state index in [2.05, 4.69) is 295 Å². The third-order valence-corrected chi connectivity index (χ3v) is 15.7. The average Bonchev–Trinajstić information content (AvgIpc) is 3.80. The van der Waals surface area contributed by atoms with Gasteiger partial charge in [-0.15, -0.1) is 0 Å². The van der Waals surface area contributed by atoms with E-state index in [-0.39, 0.29) is 12.1 Å². The number of hydrogen-bond donors (Lipinski definition) is 0. The van der Waals surface area contributed by atoms with Gasteiger partial charge in [0.1, 0.15) is 0 Å². The van der Waals surface area contributed by atoms with Crippen LogP contribution in [0.5, 0.6) is 0 Å². The van der Waals surface area contributed by atoms with Gasteiger partial charge in [-0.25, -0.2) is 0 Å². The Morgan fingerprint density at radius 3 is 1.26 bits per heavy atom. The molecule has 0 N–H and O–H groups in total. The van der Waals surface area contributed by atoms with Crippen molar-refractivity contribution in [2.75, 3.05) is 9.80 Å². The molecule has 3 heterocycles. The van der Waals surface area contributed by atoms with Crippen molar-refractivity contribution in [1.29, 1.82) is 0 Å². The maximum Gasteiger partial charge on any atom is 0.252 e. The maximum absolute atomic E-state index is 2.57. The first-order valence-electron chi connectivity index (χ1n) is 25.4. The third-order valence-electron chi connectivity index (χ3n) is 15.7. The molecule has 73 heavy (non-hydrogen) atoms. The summed E-state index contributed by atoms with van der Waals surface area (Å²) in [4.78, 5) is 5.12. The minimum Gasteiger partial charge on any atom is -0.311 e. The molecule has 0 unspecified atom stereocenters. The standard InChI is InChI=1S/C69H50BN3/c1-69(2,53-25-13-6-14-26-53)54-44-66-68-67(45-54)72(56-38-33-51(34-39-56)48-21-9-4-10-22-48)65-46-57(73-62-29-17-15-27-58(62)59-28-16-18-30-63(59)73)40-41-60(65)70(68)61-43-52(49-23-11-5-12-24-49)35-42-64(61)71(66)55-36-31-50(32-37-55)47-19-7-3-8-20-47/h3-46H,1-2H3. The Morgan fingerprint density at radius 2 is 0.726 bits per heavy atom. The SMILES string of the molecule is CC(C)(c1ccccc1)c1cc2c3c(c1)N(c1ccc(-c4ccccc4)cc1)c1cc(-n4c5ccccc5c5ccccc54)ccc1B3c1cc(-c3ccccc3)ccc1N2c1ccc(-c2ccccc2)cc1. The molecule has 0 saturated carbocycles. The van der Waals surface area contributed by atoms with Gasteiger partial charge >= 0.3 is 0 Å². The number of hydrogen-bond acceptors (Lipinski definition) is 2. The molecule has 0 radical (unpaired) electrons. The Hall–Kier alpha value is -9.12. The van der Waals surface area contributed by atoms with E-state index < -0.39 is 0 Å². The van der Waals surface area contributed by atoms with Gasteiger partial charge in [0.25, 0.3) is 6.71 Å². The lowest BCUT2D eigenvalue weighted by atomic mass is 9.33. The first-order chi connectivity index (χ1) is 36.0. The molecule has 0 aliphatic carbocycles. The largest absolute Gasteiger partial charge is 0.311 e. The summed E-state index contributed by atoms with van der Waals surface area (Å²) in [5.41, 5.74) is 23.7. The van der Waals surface area contributed by atoms with Crippen LogP contribution >= 0.6 is 0 Å². The van der Waals surface area contributed by atoms with Crippen molar-refractivity contribution in [2.24, 2.45) is 0 Å². The highest BCUT2D eigenvalue weighted by Crippen LogP contribution is 2.48. The Bertz CT molecular complexity index is 3980. The summed E-state index contributed by atoms with van der Waals surface area (Å²) in [6.07, 6.45) is 0. The number of anilines is 6. The lowest BCUT2D eigenvalue weighted by Gasteiger charge is -2.45. The Balaban J connectivity index is 1.08. The number of para-hydroxylation sites is 2. The normalized spacial score (nSPS) is 12.7. The molecule has 14 rings (SSSR count). The first-order valence-corrected chi connectivity index (χ1v) is 25.4. The second-order valence-corrected chi connectivity index (χ2v) is 20.1. The van der Waals surface area contributed by atoms with Crippen molar-refractivity contribution >= 4 is 79.0 Å². The fraction of sp³-hybridized carbons (Fsp3) is 0.0435. The van der Waals surface area contributed by atoms with Gasteiger partial charge in [0, 0.05) is 56.0 Å². The molecule has 0 atom stereocenters. The monoisotopic (exact) mass is 931 g/mol. The highest BCUT2D eigenvalue weighted by Gasteiger charge is 2.45. The van der Waals surface area contributed by atoms with Crippen LogP contribution in [0.25, 0.3) is 60.9 Å². The zero-order valence-electron chi connectivity index (χ0n) is 40.8. The zero-order valence-corrected chi connectivity index (χ0v) is 40.8. The second-order valence-electron chi connectivity index (χ2n) is 20.1. The van der Waals surface area contributed by atoms with Crippen LogP contribution in [0.1, 0.15) is 25.0 Å². The predicted molar refractivity (Wildman–Crippen MR) is 310 cm³/mol. The zero-order chi connectivity index (χ0) is 48.6. The van der Waals surface area contributed by atoms with Gasteiger partial charge in [0.15, 0.2) is 0 Å². The summed E-state index contributed by atoms with van der Waals surface area (Å²) in [6.45, 7) is 4.68. The van der Waals surface area contributed by atoms with E-state index in [0.29, 0.717) is 0 Å². The molecule has 3 nitrogen and oxygen atoms in total. The van der Waals surface area contributed by atoms with Gasteiger partial charge in [-0.2, -0.15) is 0 Å². The average molecular weight is 932 g/mol. The third kappa shape index (κ3) is 6.97. The minimum atomic E-state index is -0.351. The van der Waals surface area contributed by atoms with Crippen molar-refractivity contribution in [3.8, 4) is 39.1 Å². The van der Waals surface area contributed by atoms with Crippen LogP contribution in [0.3, 0.4) is 0 Å². The lowest BCUT2D eigenvalue weighted by Crippen LogP contribution is -2.61. The van der Waals surface area contributed by atoms with E-state index in [4.69, 9.17) is 0 Å².